The number of aliphatic hydroxyl groups excluding tert-OH is 1. The first kappa shape index (κ1) is 18.1. The number of nitrogens with one attached hydrogen (secondary N) is 2. The highest BCUT2D eigenvalue weighted by Gasteiger charge is 2.34. The lowest BCUT2D eigenvalue weighted by molar-refractivity contribution is 0.301. The molecule has 0 bridgehead atoms. The van der Waals surface area contributed by atoms with Crippen molar-refractivity contribution in [2.45, 2.75) is 25.7 Å². The lowest BCUT2D eigenvalue weighted by Crippen LogP contribution is -2.25. The van der Waals surface area contributed by atoms with Gasteiger partial charge < -0.3 is 10.1 Å². The number of imidazole rings is 1. The van der Waals surface area contributed by atoms with Crippen LogP contribution in [0.4, 0.5) is 0 Å². The van der Waals surface area contributed by atoms with Crippen LogP contribution in [-0.4, -0.2) is 52.2 Å². The number of hydrogen-bond donors (Lipinski definition) is 3. The summed E-state index contributed by atoms with van der Waals surface area (Å²) >= 11 is 0. The van der Waals surface area contributed by atoms with Gasteiger partial charge in [-0.25, -0.2) is 9.97 Å². The molecule has 0 saturated heterocycles. The molecule has 0 spiro atoms. The fourth-order valence-electron chi connectivity index (χ4n) is 3.96. The molecular formula is C17H22N6O3S. The maximum absolute atomic E-state index is 11.8. The first-order chi connectivity index (χ1) is 13.0. The normalized spacial score (nSPS) is 23.9. The minimum Gasteiger partial charge on any atom is -0.395 e. The Labute approximate surface area is 156 Å². The number of H-pyrrole nitrogens is 1. The van der Waals surface area contributed by atoms with Gasteiger partial charge in [-0.15, -0.1) is 0 Å². The molecule has 1 unspecified atom stereocenters. The Morgan fingerprint density at radius 3 is 3.07 bits per heavy atom. The summed E-state index contributed by atoms with van der Waals surface area (Å²) in [5, 5.41) is 8.74. The van der Waals surface area contributed by atoms with Crippen molar-refractivity contribution < 1.29 is 13.5 Å². The Bertz CT molecular complexity index is 1090. The zero-order valence-corrected chi connectivity index (χ0v) is 15.7. The fraction of sp³-hybridized carbons (Fsp3) is 0.471. The van der Waals surface area contributed by atoms with Gasteiger partial charge in [0.1, 0.15) is 0 Å². The number of aromatic amines is 1. The second-order valence-electron chi connectivity index (χ2n) is 7.01. The molecule has 9 nitrogen and oxygen atoms in total. The highest BCUT2D eigenvalue weighted by molar-refractivity contribution is 7.88. The Hall–Kier alpha value is -2.30. The van der Waals surface area contributed by atoms with E-state index in [9.17, 15) is 8.42 Å². The second kappa shape index (κ2) is 7.02. The molecule has 1 aliphatic carbocycles. The number of aliphatic hydroxyl groups is 1. The summed E-state index contributed by atoms with van der Waals surface area (Å²) in [6, 6.07) is 1.98. The lowest BCUT2D eigenvalue weighted by atomic mass is 9.95. The fourth-order valence-corrected chi connectivity index (χ4v) is 4.72. The van der Waals surface area contributed by atoms with Gasteiger partial charge in [0.2, 0.25) is 0 Å². The average molecular weight is 390 g/mol. The van der Waals surface area contributed by atoms with Gasteiger partial charge in [0.25, 0.3) is 0 Å². The van der Waals surface area contributed by atoms with Crippen molar-refractivity contribution in [2.75, 3.05) is 13.2 Å². The van der Waals surface area contributed by atoms with Crippen LogP contribution in [0, 0.1) is 11.8 Å². The van der Waals surface area contributed by atoms with Gasteiger partial charge in [-0.3, -0.25) is 4.40 Å². The number of nitrogens with zero attached hydrogens (tertiary/aromatic N) is 4. The van der Waals surface area contributed by atoms with Crippen LogP contribution in [-0.2, 0) is 10.2 Å². The summed E-state index contributed by atoms with van der Waals surface area (Å²) in [7, 11) is -3.75. The molecule has 1 saturated carbocycles. The van der Waals surface area contributed by atoms with Gasteiger partial charge >= 0.3 is 10.2 Å². The predicted octanol–water partition coefficient (Wildman–Crippen LogP) is 1.24. The van der Waals surface area contributed by atoms with Crippen LogP contribution in [0.1, 0.15) is 31.4 Å². The van der Waals surface area contributed by atoms with Gasteiger partial charge in [-0.05, 0) is 30.7 Å². The average Bonchev–Trinajstić information content (AvgIpc) is 3.35. The van der Waals surface area contributed by atoms with E-state index >= 15 is 0 Å². The van der Waals surface area contributed by atoms with Crippen molar-refractivity contribution in [2.24, 2.45) is 16.2 Å². The summed E-state index contributed by atoms with van der Waals surface area (Å²) in [6.45, 7) is 1.88. The monoisotopic (exact) mass is 390 g/mol. The molecule has 4 rings (SSSR count). The largest absolute Gasteiger partial charge is 0.395 e. The molecule has 0 radical (unpaired) electrons. The van der Waals surface area contributed by atoms with E-state index in [0.29, 0.717) is 5.92 Å². The number of fused-ring (bicyclic) bond motifs is 3. The van der Waals surface area contributed by atoms with Crippen LogP contribution in [0.25, 0.3) is 16.8 Å². The summed E-state index contributed by atoms with van der Waals surface area (Å²) in [5.74, 6) is 0.700. The van der Waals surface area contributed by atoms with Crippen molar-refractivity contribution in [1.29, 1.82) is 0 Å². The van der Waals surface area contributed by atoms with Crippen LogP contribution in [0.5, 0.6) is 0 Å². The Kier molecular flexibility index (Phi) is 4.70. The van der Waals surface area contributed by atoms with Gasteiger partial charge in [0.15, 0.2) is 11.3 Å². The number of aromatic nitrogens is 4. The number of hydrogen-bond acceptors (Lipinski definition) is 5. The molecule has 3 aromatic rings. The minimum atomic E-state index is -3.75. The Balaban J connectivity index is 1.59. The molecule has 144 valence electrons. The van der Waals surface area contributed by atoms with E-state index in [2.05, 4.69) is 35.4 Å². The zero-order valence-electron chi connectivity index (χ0n) is 14.9. The predicted molar refractivity (Wildman–Crippen MR) is 102 cm³/mol. The van der Waals surface area contributed by atoms with E-state index in [4.69, 9.17) is 5.11 Å². The summed E-state index contributed by atoms with van der Waals surface area (Å²) in [6.07, 6.45) is 8.69. The van der Waals surface area contributed by atoms with E-state index in [1.165, 1.54) is 6.21 Å². The molecule has 1 aliphatic rings. The summed E-state index contributed by atoms with van der Waals surface area (Å²) in [5.41, 5.74) is 3.71. The van der Waals surface area contributed by atoms with Crippen LogP contribution < -0.4 is 4.72 Å². The van der Waals surface area contributed by atoms with Gasteiger partial charge in [-0.1, -0.05) is 6.92 Å². The molecule has 10 heteroatoms. The lowest BCUT2D eigenvalue weighted by Gasteiger charge is -2.15. The second-order valence-corrected chi connectivity index (χ2v) is 8.46. The number of rotatable bonds is 6. The summed E-state index contributed by atoms with van der Waals surface area (Å²) < 4.78 is 31.6. The van der Waals surface area contributed by atoms with Gasteiger partial charge in [-0.2, -0.15) is 17.5 Å². The van der Waals surface area contributed by atoms with E-state index in [-0.39, 0.29) is 25.0 Å². The third-order valence-electron chi connectivity index (χ3n) is 5.18. The van der Waals surface area contributed by atoms with Crippen LogP contribution in [0.3, 0.4) is 0 Å². The Morgan fingerprint density at radius 1 is 1.41 bits per heavy atom. The molecule has 3 heterocycles. The van der Waals surface area contributed by atoms with E-state index in [0.717, 1.165) is 35.3 Å². The third-order valence-corrected chi connectivity index (χ3v) is 6.14. The van der Waals surface area contributed by atoms with Gasteiger partial charge in [0, 0.05) is 36.8 Å². The van der Waals surface area contributed by atoms with E-state index in [1.54, 1.807) is 6.20 Å². The third kappa shape index (κ3) is 3.47. The van der Waals surface area contributed by atoms with Crippen molar-refractivity contribution in [3.63, 3.8) is 0 Å². The topological polar surface area (TPSA) is 125 Å². The SMILES string of the molecule is C[C@@H]1CC(/C=N/S(=O)(=O)NCCO)C[C@@H]1c1cnc2cnc3[nH]ccc3n12. The highest BCUT2D eigenvalue weighted by atomic mass is 32.2. The van der Waals surface area contributed by atoms with Crippen molar-refractivity contribution in [3.8, 4) is 0 Å². The van der Waals surface area contributed by atoms with Crippen LogP contribution >= 0.6 is 0 Å². The minimum absolute atomic E-state index is 0.0358. The molecule has 0 amide bonds. The quantitative estimate of drug-likeness (QED) is 0.546. The molecule has 3 N–H and O–H groups in total. The highest BCUT2D eigenvalue weighted by Crippen LogP contribution is 2.42. The molecule has 0 aliphatic heterocycles. The van der Waals surface area contributed by atoms with Crippen molar-refractivity contribution >= 4 is 33.2 Å². The van der Waals surface area contributed by atoms with Gasteiger partial charge in [0.05, 0.1) is 18.3 Å². The first-order valence-electron chi connectivity index (χ1n) is 8.94. The molecule has 3 atom stereocenters. The molecular weight excluding hydrogens is 368 g/mol. The molecule has 1 fully saturated rings. The van der Waals surface area contributed by atoms with Crippen molar-refractivity contribution in [1.82, 2.24) is 24.1 Å². The summed E-state index contributed by atoms with van der Waals surface area (Å²) in [4.78, 5) is 12.0. The molecule has 27 heavy (non-hydrogen) atoms. The Morgan fingerprint density at radius 2 is 2.26 bits per heavy atom. The van der Waals surface area contributed by atoms with Crippen molar-refractivity contribution in [3.05, 3.63) is 30.4 Å². The smallest absolute Gasteiger partial charge is 0.319 e. The van der Waals surface area contributed by atoms with E-state index in [1.807, 2.05) is 18.5 Å². The first-order valence-corrected chi connectivity index (χ1v) is 10.4. The maximum Gasteiger partial charge on any atom is 0.319 e. The van der Waals surface area contributed by atoms with Crippen LogP contribution in [0.15, 0.2) is 29.1 Å². The molecule has 0 aromatic carbocycles. The van der Waals surface area contributed by atoms with Crippen LogP contribution in [0.2, 0.25) is 0 Å². The zero-order chi connectivity index (χ0) is 19.0. The van der Waals surface area contributed by atoms with E-state index < -0.39 is 10.2 Å². The molecule has 3 aromatic heterocycles. The standard InChI is InChI=1S/C17H22N6O3S/c1-11-6-12(8-22-27(25,26)21-4-5-24)7-13(11)15-9-19-16-10-20-17-14(23(15)16)2-3-18-17/h2-3,8-13,18,21,24H,4-7H2,1H3/b22-8+/t11-,12?,13+/m1/s1. The maximum atomic E-state index is 11.8.